The van der Waals surface area contributed by atoms with Crippen molar-refractivity contribution in [3.63, 3.8) is 0 Å². The van der Waals surface area contributed by atoms with Gasteiger partial charge < -0.3 is 9.47 Å². The van der Waals surface area contributed by atoms with Gasteiger partial charge in [0.15, 0.2) is 5.78 Å². The van der Waals surface area contributed by atoms with E-state index in [-0.39, 0.29) is 5.78 Å². The minimum atomic E-state index is -0.641. The molecule has 1 aliphatic heterocycles. The molecule has 1 heterocycles. The molecule has 3 rings (SSSR count). The molecular weight excluding hydrogens is 252 g/mol. The van der Waals surface area contributed by atoms with E-state index >= 15 is 0 Å². The summed E-state index contributed by atoms with van der Waals surface area (Å²) in [5.41, 5.74) is 1.22. The van der Waals surface area contributed by atoms with Gasteiger partial charge >= 0.3 is 0 Å². The summed E-state index contributed by atoms with van der Waals surface area (Å²) in [5, 5.41) is 0. The van der Waals surface area contributed by atoms with Gasteiger partial charge in [0.1, 0.15) is 11.4 Å². The Balaban J connectivity index is 1.96. The summed E-state index contributed by atoms with van der Waals surface area (Å²) in [7, 11) is 1.67. The highest BCUT2D eigenvalue weighted by Crippen LogP contribution is 2.37. The molecule has 0 radical (unpaired) electrons. The van der Waals surface area contributed by atoms with Gasteiger partial charge in [-0.05, 0) is 24.5 Å². The van der Waals surface area contributed by atoms with Gasteiger partial charge in [0.25, 0.3) is 0 Å². The van der Waals surface area contributed by atoms with E-state index in [1.807, 2.05) is 18.2 Å². The number of hydrogen-bond acceptors (Lipinski definition) is 3. The molecule has 1 fully saturated rings. The van der Waals surface area contributed by atoms with Crippen LogP contribution in [-0.2, 0) is 11.2 Å². The smallest absolute Gasteiger partial charge is 0.198 e. The molecule has 0 aromatic heterocycles. The lowest BCUT2D eigenvalue weighted by molar-refractivity contribution is -0.00711. The first-order chi connectivity index (χ1) is 9.77. The minimum Gasteiger partial charge on any atom is -0.492 e. The quantitative estimate of drug-likeness (QED) is 0.624. The zero-order chi connectivity index (χ0) is 14.0. The average Bonchev–Trinajstić information content (AvgIpc) is 2.83. The fourth-order valence-electron chi connectivity index (χ4n) is 3.46. The fraction of sp³-hybridized carbons (Fsp3) is 0.588. The van der Waals surface area contributed by atoms with Gasteiger partial charge in [-0.3, -0.25) is 4.79 Å². The Morgan fingerprint density at radius 3 is 2.65 bits per heavy atom. The summed E-state index contributed by atoms with van der Waals surface area (Å²) in [6.07, 6.45) is 7.07. The van der Waals surface area contributed by atoms with Gasteiger partial charge in [0.05, 0.1) is 12.2 Å². The molecule has 0 saturated heterocycles. The van der Waals surface area contributed by atoms with Gasteiger partial charge in [0.2, 0.25) is 0 Å². The van der Waals surface area contributed by atoms with E-state index in [2.05, 4.69) is 0 Å². The first-order valence-corrected chi connectivity index (χ1v) is 7.61. The number of carbonyl (C=O) groups excluding carboxylic acids is 1. The number of para-hydroxylation sites is 1. The van der Waals surface area contributed by atoms with Crippen LogP contribution >= 0.6 is 0 Å². The highest BCUT2D eigenvalue weighted by atomic mass is 16.5. The van der Waals surface area contributed by atoms with E-state index < -0.39 is 5.60 Å². The van der Waals surface area contributed by atoms with E-state index in [0.29, 0.717) is 12.2 Å². The number of ketones is 1. The molecule has 0 atom stereocenters. The Labute approximate surface area is 120 Å². The summed E-state index contributed by atoms with van der Waals surface area (Å²) < 4.78 is 11.4. The number of benzene rings is 1. The van der Waals surface area contributed by atoms with Gasteiger partial charge in [-0.15, -0.1) is 0 Å². The Morgan fingerprint density at radius 2 is 1.95 bits per heavy atom. The normalized spacial score (nSPS) is 20.9. The lowest BCUT2D eigenvalue weighted by atomic mass is 9.85. The van der Waals surface area contributed by atoms with Crippen molar-refractivity contribution in [1.29, 1.82) is 0 Å². The lowest BCUT2D eigenvalue weighted by Crippen LogP contribution is -2.40. The molecule has 20 heavy (non-hydrogen) atoms. The fourth-order valence-corrected chi connectivity index (χ4v) is 3.46. The molecule has 3 nitrogen and oxygen atoms in total. The van der Waals surface area contributed by atoms with Crippen molar-refractivity contribution < 1.29 is 14.3 Å². The summed E-state index contributed by atoms with van der Waals surface area (Å²) in [5.74, 6) is 0.902. The maximum absolute atomic E-state index is 13.1. The van der Waals surface area contributed by atoms with Crippen molar-refractivity contribution in [3.8, 4) is 5.75 Å². The second kappa shape index (κ2) is 5.57. The molecule has 1 aromatic rings. The Kier molecular flexibility index (Phi) is 3.79. The van der Waals surface area contributed by atoms with Gasteiger partial charge in [-0.1, -0.05) is 37.8 Å². The maximum Gasteiger partial charge on any atom is 0.198 e. The summed E-state index contributed by atoms with van der Waals surface area (Å²) >= 11 is 0. The maximum atomic E-state index is 13.1. The third-order valence-electron chi connectivity index (χ3n) is 4.67. The Morgan fingerprint density at radius 1 is 1.20 bits per heavy atom. The third-order valence-corrected chi connectivity index (χ3v) is 4.67. The number of hydrogen-bond donors (Lipinski definition) is 0. The van der Waals surface area contributed by atoms with Crippen molar-refractivity contribution in [2.75, 3.05) is 13.7 Å². The van der Waals surface area contributed by atoms with E-state index in [9.17, 15) is 4.79 Å². The first kappa shape index (κ1) is 13.6. The number of carbonyl (C=O) groups is 1. The standard InChI is InChI=1S/C17H22O3/c1-19-17(10-4-2-3-5-11-17)16(18)14-8-6-7-13-9-12-20-15(13)14/h6-8H,2-5,9-12H2,1H3. The number of ether oxygens (including phenoxy) is 2. The topological polar surface area (TPSA) is 35.5 Å². The van der Waals surface area contributed by atoms with Crippen molar-refractivity contribution in [1.82, 2.24) is 0 Å². The molecule has 1 aliphatic carbocycles. The second-order valence-electron chi connectivity index (χ2n) is 5.83. The van der Waals surface area contributed by atoms with Crippen LogP contribution in [0.15, 0.2) is 18.2 Å². The summed E-state index contributed by atoms with van der Waals surface area (Å²) in [4.78, 5) is 13.1. The molecular formula is C17H22O3. The number of rotatable bonds is 3. The monoisotopic (exact) mass is 274 g/mol. The predicted octanol–water partition coefficient (Wildman–Crippen LogP) is 3.54. The van der Waals surface area contributed by atoms with Crippen LogP contribution in [0, 0.1) is 0 Å². The highest BCUT2D eigenvalue weighted by Gasteiger charge is 2.40. The number of methoxy groups -OCH3 is 1. The SMILES string of the molecule is COC1(C(=O)c2cccc3c2OCC3)CCCCCC1. The van der Waals surface area contributed by atoms with Gasteiger partial charge in [0, 0.05) is 13.5 Å². The summed E-state index contributed by atoms with van der Waals surface area (Å²) in [6.45, 7) is 0.680. The first-order valence-electron chi connectivity index (χ1n) is 7.61. The molecule has 1 aromatic carbocycles. The van der Waals surface area contributed by atoms with Crippen LogP contribution in [0.3, 0.4) is 0 Å². The molecule has 0 bridgehead atoms. The molecule has 1 saturated carbocycles. The molecule has 2 aliphatic rings. The van der Waals surface area contributed by atoms with Crippen LogP contribution < -0.4 is 4.74 Å². The van der Waals surface area contributed by atoms with E-state index in [1.54, 1.807) is 7.11 Å². The van der Waals surface area contributed by atoms with Crippen molar-refractivity contribution in [3.05, 3.63) is 29.3 Å². The number of Topliss-reactive ketones (excluding diaryl/α,β-unsaturated/α-hetero) is 1. The third kappa shape index (κ3) is 2.24. The van der Waals surface area contributed by atoms with Crippen molar-refractivity contribution >= 4 is 5.78 Å². The van der Waals surface area contributed by atoms with E-state index in [4.69, 9.17) is 9.47 Å². The zero-order valence-electron chi connectivity index (χ0n) is 12.1. The van der Waals surface area contributed by atoms with Crippen LogP contribution in [0.4, 0.5) is 0 Å². The molecule has 0 amide bonds. The van der Waals surface area contributed by atoms with Crippen molar-refractivity contribution in [2.45, 2.75) is 50.5 Å². The molecule has 0 unspecified atom stereocenters. The van der Waals surface area contributed by atoms with Crippen LogP contribution in [-0.4, -0.2) is 25.1 Å². The van der Waals surface area contributed by atoms with Crippen LogP contribution in [0.5, 0.6) is 5.75 Å². The minimum absolute atomic E-state index is 0.112. The predicted molar refractivity (Wildman–Crippen MR) is 77.4 cm³/mol. The Bertz CT molecular complexity index is 499. The average molecular weight is 274 g/mol. The zero-order valence-corrected chi connectivity index (χ0v) is 12.1. The van der Waals surface area contributed by atoms with Gasteiger partial charge in [-0.25, -0.2) is 0 Å². The van der Waals surface area contributed by atoms with Gasteiger partial charge in [-0.2, -0.15) is 0 Å². The lowest BCUT2D eigenvalue weighted by Gasteiger charge is -2.30. The largest absolute Gasteiger partial charge is 0.492 e. The Hall–Kier alpha value is -1.35. The van der Waals surface area contributed by atoms with E-state index in [0.717, 1.165) is 43.4 Å². The molecule has 0 spiro atoms. The van der Waals surface area contributed by atoms with Crippen LogP contribution in [0.25, 0.3) is 0 Å². The second-order valence-corrected chi connectivity index (χ2v) is 5.83. The van der Waals surface area contributed by atoms with Crippen LogP contribution in [0.2, 0.25) is 0 Å². The van der Waals surface area contributed by atoms with Crippen LogP contribution in [0.1, 0.15) is 54.4 Å². The van der Waals surface area contributed by atoms with Crippen molar-refractivity contribution in [2.24, 2.45) is 0 Å². The molecule has 108 valence electrons. The highest BCUT2D eigenvalue weighted by molar-refractivity contribution is 6.05. The summed E-state index contributed by atoms with van der Waals surface area (Å²) in [6, 6.07) is 5.89. The number of fused-ring (bicyclic) bond motifs is 1. The van der Waals surface area contributed by atoms with E-state index in [1.165, 1.54) is 12.8 Å². The molecule has 0 N–H and O–H groups in total. The molecule has 3 heteroatoms.